The standard InChI is InChI=1S/C18H13F4NO2/c1-25-13-5-6-14-15(8-13)16(11-3-2-4-12(19)7-11)9-23(17(14)24)10-18(20,21)22/h2-9H,10H2,1H3. The van der Waals surface area contributed by atoms with Crippen molar-refractivity contribution in [2.45, 2.75) is 12.7 Å². The van der Waals surface area contributed by atoms with Crippen molar-refractivity contribution in [3.63, 3.8) is 0 Å². The van der Waals surface area contributed by atoms with E-state index in [2.05, 4.69) is 0 Å². The lowest BCUT2D eigenvalue weighted by Gasteiger charge is -2.15. The summed E-state index contributed by atoms with van der Waals surface area (Å²) in [6.07, 6.45) is -3.45. The van der Waals surface area contributed by atoms with Crippen LogP contribution in [0.15, 0.2) is 53.5 Å². The van der Waals surface area contributed by atoms with Crippen LogP contribution in [0.3, 0.4) is 0 Å². The number of benzene rings is 2. The van der Waals surface area contributed by atoms with Crippen molar-refractivity contribution in [1.82, 2.24) is 4.57 Å². The predicted molar refractivity (Wildman–Crippen MR) is 86.2 cm³/mol. The quantitative estimate of drug-likeness (QED) is 0.656. The van der Waals surface area contributed by atoms with Crippen molar-refractivity contribution in [3.05, 3.63) is 64.8 Å². The molecule has 2 aromatic carbocycles. The van der Waals surface area contributed by atoms with Crippen molar-refractivity contribution < 1.29 is 22.3 Å². The van der Waals surface area contributed by atoms with Crippen LogP contribution in [0.1, 0.15) is 0 Å². The zero-order valence-corrected chi connectivity index (χ0v) is 13.1. The maximum absolute atomic E-state index is 13.6. The number of alkyl halides is 3. The summed E-state index contributed by atoms with van der Waals surface area (Å²) in [6, 6.07) is 9.92. The van der Waals surface area contributed by atoms with Gasteiger partial charge in [-0.15, -0.1) is 0 Å². The molecule has 0 fully saturated rings. The van der Waals surface area contributed by atoms with Crippen molar-refractivity contribution in [2.75, 3.05) is 7.11 Å². The summed E-state index contributed by atoms with van der Waals surface area (Å²) < 4.78 is 57.7. The van der Waals surface area contributed by atoms with E-state index in [0.717, 1.165) is 6.20 Å². The fourth-order valence-electron chi connectivity index (χ4n) is 2.70. The summed E-state index contributed by atoms with van der Waals surface area (Å²) in [4.78, 5) is 12.4. The molecule has 3 nitrogen and oxygen atoms in total. The Morgan fingerprint density at radius 2 is 1.84 bits per heavy atom. The smallest absolute Gasteiger partial charge is 0.406 e. The maximum Gasteiger partial charge on any atom is 0.406 e. The normalized spacial score (nSPS) is 11.7. The van der Waals surface area contributed by atoms with Gasteiger partial charge in [-0.25, -0.2) is 4.39 Å². The lowest BCUT2D eigenvalue weighted by atomic mass is 10.00. The summed E-state index contributed by atoms with van der Waals surface area (Å²) in [6.45, 7) is -1.42. The second kappa shape index (κ2) is 6.23. The van der Waals surface area contributed by atoms with E-state index in [-0.39, 0.29) is 5.39 Å². The number of ether oxygens (including phenoxy) is 1. The second-order valence-electron chi connectivity index (χ2n) is 5.51. The van der Waals surface area contributed by atoms with Crippen LogP contribution in [0, 0.1) is 5.82 Å². The Bertz CT molecular complexity index is 993. The molecule has 1 heterocycles. The van der Waals surface area contributed by atoms with Crippen LogP contribution in [-0.2, 0) is 6.54 Å². The maximum atomic E-state index is 13.6. The monoisotopic (exact) mass is 351 g/mol. The van der Waals surface area contributed by atoms with Gasteiger partial charge in [-0.1, -0.05) is 12.1 Å². The molecular formula is C18H13F4NO2. The Kier molecular flexibility index (Phi) is 4.24. The van der Waals surface area contributed by atoms with Gasteiger partial charge in [0, 0.05) is 22.5 Å². The molecule has 1 aromatic heterocycles. The molecule has 0 aliphatic rings. The number of fused-ring (bicyclic) bond motifs is 1. The number of pyridine rings is 1. The van der Waals surface area contributed by atoms with Crippen LogP contribution in [0.5, 0.6) is 5.75 Å². The first kappa shape index (κ1) is 17.0. The van der Waals surface area contributed by atoms with E-state index in [1.54, 1.807) is 12.1 Å². The molecule has 3 rings (SSSR count). The Hall–Kier alpha value is -2.83. The van der Waals surface area contributed by atoms with Gasteiger partial charge in [0.15, 0.2) is 0 Å². The van der Waals surface area contributed by atoms with Crippen LogP contribution in [0.25, 0.3) is 21.9 Å². The van der Waals surface area contributed by atoms with Crippen molar-refractivity contribution in [1.29, 1.82) is 0 Å². The fraction of sp³-hybridized carbons (Fsp3) is 0.167. The minimum Gasteiger partial charge on any atom is -0.497 e. The van der Waals surface area contributed by atoms with Gasteiger partial charge >= 0.3 is 6.18 Å². The van der Waals surface area contributed by atoms with E-state index in [4.69, 9.17) is 4.74 Å². The average molecular weight is 351 g/mol. The first-order valence-corrected chi connectivity index (χ1v) is 7.32. The number of methoxy groups -OCH3 is 1. The number of rotatable bonds is 3. The molecule has 3 aromatic rings. The Labute approximate surface area is 140 Å². The molecule has 0 aliphatic heterocycles. The summed E-state index contributed by atoms with van der Waals surface area (Å²) >= 11 is 0. The molecule has 130 valence electrons. The Balaban J connectivity index is 2.35. The van der Waals surface area contributed by atoms with Gasteiger partial charge in [-0.3, -0.25) is 4.79 Å². The summed E-state index contributed by atoms with van der Waals surface area (Å²) in [7, 11) is 1.44. The molecule has 0 bridgehead atoms. The minimum atomic E-state index is -4.55. The SMILES string of the molecule is COc1ccc2c(=O)n(CC(F)(F)F)cc(-c3cccc(F)c3)c2c1. The van der Waals surface area contributed by atoms with Crippen LogP contribution >= 0.6 is 0 Å². The highest BCUT2D eigenvalue weighted by Gasteiger charge is 2.29. The van der Waals surface area contributed by atoms with Gasteiger partial charge in [0.1, 0.15) is 18.1 Å². The van der Waals surface area contributed by atoms with Gasteiger partial charge in [-0.2, -0.15) is 13.2 Å². The summed E-state index contributed by atoms with van der Waals surface area (Å²) in [5.74, 6) is -0.0831. The molecular weight excluding hydrogens is 338 g/mol. The zero-order valence-electron chi connectivity index (χ0n) is 13.1. The highest BCUT2D eigenvalue weighted by atomic mass is 19.4. The third-order valence-electron chi connectivity index (χ3n) is 3.78. The Morgan fingerprint density at radius 3 is 2.48 bits per heavy atom. The number of aromatic nitrogens is 1. The molecule has 25 heavy (non-hydrogen) atoms. The van der Waals surface area contributed by atoms with Gasteiger partial charge in [-0.05, 0) is 35.9 Å². The van der Waals surface area contributed by atoms with Gasteiger partial charge < -0.3 is 9.30 Å². The summed E-state index contributed by atoms with van der Waals surface area (Å²) in [5, 5.41) is 0.500. The molecule has 0 atom stereocenters. The highest BCUT2D eigenvalue weighted by Crippen LogP contribution is 2.30. The first-order valence-electron chi connectivity index (χ1n) is 7.32. The molecule has 0 radical (unpaired) electrons. The minimum absolute atomic E-state index is 0.104. The molecule has 0 N–H and O–H groups in total. The molecule has 0 unspecified atom stereocenters. The second-order valence-corrected chi connectivity index (χ2v) is 5.51. The zero-order chi connectivity index (χ0) is 18.2. The largest absolute Gasteiger partial charge is 0.497 e. The highest BCUT2D eigenvalue weighted by molar-refractivity contribution is 5.96. The number of hydrogen-bond acceptors (Lipinski definition) is 2. The molecule has 0 saturated heterocycles. The molecule has 0 amide bonds. The lowest BCUT2D eigenvalue weighted by molar-refractivity contribution is -0.141. The number of hydrogen-bond donors (Lipinski definition) is 0. The average Bonchev–Trinajstić information content (AvgIpc) is 2.55. The van der Waals surface area contributed by atoms with Crippen LogP contribution < -0.4 is 10.3 Å². The third kappa shape index (κ3) is 3.50. The van der Waals surface area contributed by atoms with Crippen LogP contribution in [-0.4, -0.2) is 17.9 Å². The molecule has 0 aliphatic carbocycles. The molecule has 0 spiro atoms. The van der Waals surface area contributed by atoms with Gasteiger partial charge in [0.25, 0.3) is 5.56 Å². The third-order valence-corrected chi connectivity index (χ3v) is 3.78. The van der Waals surface area contributed by atoms with Crippen molar-refractivity contribution >= 4 is 10.8 Å². The summed E-state index contributed by atoms with van der Waals surface area (Å²) in [5.41, 5.74) is -0.0819. The fourth-order valence-corrected chi connectivity index (χ4v) is 2.70. The first-order chi connectivity index (χ1) is 11.8. The number of halogens is 4. The van der Waals surface area contributed by atoms with E-state index in [1.807, 2.05) is 0 Å². The van der Waals surface area contributed by atoms with Gasteiger partial charge in [0.2, 0.25) is 0 Å². The molecule has 0 saturated carbocycles. The van der Waals surface area contributed by atoms with E-state index in [0.29, 0.717) is 26.8 Å². The lowest BCUT2D eigenvalue weighted by Crippen LogP contribution is -2.28. The van der Waals surface area contributed by atoms with E-state index in [9.17, 15) is 22.4 Å². The van der Waals surface area contributed by atoms with Gasteiger partial charge in [0.05, 0.1) is 7.11 Å². The van der Waals surface area contributed by atoms with E-state index >= 15 is 0 Å². The van der Waals surface area contributed by atoms with E-state index in [1.165, 1.54) is 37.4 Å². The topological polar surface area (TPSA) is 31.2 Å². The number of nitrogens with zero attached hydrogens (tertiary/aromatic N) is 1. The van der Waals surface area contributed by atoms with Crippen LogP contribution in [0.4, 0.5) is 17.6 Å². The van der Waals surface area contributed by atoms with Crippen molar-refractivity contribution in [3.8, 4) is 16.9 Å². The Morgan fingerprint density at radius 1 is 1.08 bits per heavy atom. The van der Waals surface area contributed by atoms with Crippen LogP contribution in [0.2, 0.25) is 0 Å². The molecule has 7 heteroatoms. The predicted octanol–water partition coefficient (Wildman–Crippen LogP) is 4.38. The van der Waals surface area contributed by atoms with Crippen molar-refractivity contribution in [2.24, 2.45) is 0 Å². The van der Waals surface area contributed by atoms with E-state index < -0.39 is 24.1 Å².